The Bertz CT molecular complexity index is 3110. The van der Waals surface area contributed by atoms with E-state index in [0.717, 1.165) is 34.0 Å². The third kappa shape index (κ3) is 4.51. The average molecular weight is 726 g/mol. The van der Waals surface area contributed by atoms with Gasteiger partial charge in [-0.05, 0) is 111 Å². The molecular weight excluding hydrogens is 691 g/mol. The number of para-hydroxylation sites is 2. The van der Waals surface area contributed by atoms with Gasteiger partial charge in [0.15, 0.2) is 0 Å². The molecule has 57 heavy (non-hydrogen) atoms. The van der Waals surface area contributed by atoms with Gasteiger partial charge >= 0.3 is 0 Å². The second-order valence-corrected chi connectivity index (χ2v) is 15.1. The number of hydrogen-bond donors (Lipinski definition) is 0. The second kappa shape index (κ2) is 12.3. The first-order chi connectivity index (χ1) is 28.3. The molecule has 0 bridgehead atoms. The fourth-order valence-electron chi connectivity index (χ4n) is 9.94. The average Bonchev–Trinajstić information content (AvgIpc) is 3.89. The first-order valence-electron chi connectivity index (χ1n) is 19.6. The van der Waals surface area contributed by atoms with E-state index in [4.69, 9.17) is 0 Å². The minimum Gasteiger partial charge on any atom is -0.310 e. The fraction of sp³-hybridized carbons (Fsp3) is 0.0185. The smallest absolute Gasteiger partial charge is 0.0726 e. The minimum atomic E-state index is -0.437. The maximum absolute atomic E-state index is 4.65. The van der Waals surface area contributed by atoms with Crippen LogP contribution in [0.5, 0.6) is 0 Å². The quantitative estimate of drug-likeness (QED) is 0.176. The van der Waals surface area contributed by atoms with Crippen molar-refractivity contribution in [1.29, 1.82) is 0 Å². The predicted molar refractivity (Wildman–Crippen MR) is 235 cm³/mol. The molecule has 3 heteroatoms. The number of nitrogens with zero attached hydrogens (tertiary/aromatic N) is 3. The Morgan fingerprint density at radius 3 is 1.61 bits per heavy atom. The summed E-state index contributed by atoms with van der Waals surface area (Å²) in [7, 11) is 0. The van der Waals surface area contributed by atoms with Crippen LogP contribution in [0.2, 0.25) is 0 Å². The normalized spacial score (nSPS) is 13.1. The van der Waals surface area contributed by atoms with Crippen LogP contribution in [0.25, 0.3) is 61.0 Å². The first-order valence-corrected chi connectivity index (χ1v) is 19.6. The molecule has 0 saturated carbocycles. The lowest BCUT2D eigenvalue weighted by atomic mass is 9.70. The molecule has 266 valence electrons. The highest BCUT2D eigenvalue weighted by atomic mass is 15.1. The summed E-state index contributed by atoms with van der Waals surface area (Å²) in [6.07, 6.45) is 1.86. The van der Waals surface area contributed by atoms with E-state index in [1.807, 2.05) is 18.3 Å². The van der Waals surface area contributed by atoms with Crippen LogP contribution in [0.1, 0.15) is 22.3 Å². The summed E-state index contributed by atoms with van der Waals surface area (Å²) in [4.78, 5) is 7.08. The Labute approximate surface area is 331 Å². The van der Waals surface area contributed by atoms with Crippen molar-refractivity contribution in [2.45, 2.75) is 5.41 Å². The monoisotopic (exact) mass is 725 g/mol. The molecule has 2 aromatic heterocycles. The molecule has 0 saturated heterocycles. The Morgan fingerprint density at radius 1 is 0.386 bits per heavy atom. The lowest BCUT2D eigenvalue weighted by Gasteiger charge is -2.32. The summed E-state index contributed by atoms with van der Waals surface area (Å²) in [5, 5.41) is 2.47. The van der Waals surface area contributed by atoms with E-state index in [1.54, 1.807) is 0 Å². The molecule has 2 aliphatic carbocycles. The summed E-state index contributed by atoms with van der Waals surface area (Å²) < 4.78 is 2.40. The largest absolute Gasteiger partial charge is 0.310 e. The van der Waals surface area contributed by atoms with Gasteiger partial charge in [0, 0.05) is 45.3 Å². The number of hydrogen-bond acceptors (Lipinski definition) is 2. The van der Waals surface area contributed by atoms with Gasteiger partial charge in [-0.3, -0.25) is 4.98 Å². The molecule has 0 radical (unpaired) electrons. The number of rotatable bonds is 5. The van der Waals surface area contributed by atoms with Gasteiger partial charge < -0.3 is 9.47 Å². The van der Waals surface area contributed by atoms with Crippen LogP contribution in [0, 0.1) is 0 Å². The predicted octanol–water partition coefficient (Wildman–Crippen LogP) is 13.7. The highest BCUT2D eigenvalue weighted by molar-refractivity contribution is 6.10. The standard InChI is InChI=1S/C54H35N3/c1-2-14-37(15-3-1)57-52-24-11-7-19-45(52)46-32-30-40(35-53(46)57)56(38-27-25-36(26-28-38)51-23-12-13-33-55-51)39-29-31-44-43-18-6-10-22-49(43)54(50(44)34-39)47-20-8-4-16-41(47)42-17-5-9-21-48(42)54/h1-35H. The van der Waals surface area contributed by atoms with Crippen molar-refractivity contribution in [3.8, 4) is 39.2 Å². The molecule has 2 heterocycles. The second-order valence-electron chi connectivity index (χ2n) is 15.1. The van der Waals surface area contributed by atoms with Crippen LogP contribution < -0.4 is 4.90 Å². The van der Waals surface area contributed by atoms with Crippen molar-refractivity contribution in [2.75, 3.05) is 4.90 Å². The third-order valence-electron chi connectivity index (χ3n) is 12.3. The molecule has 12 rings (SSSR count). The van der Waals surface area contributed by atoms with Crippen molar-refractivity contribution in [3.63, 3.8) is 0 Å². The first kappa shape index (κ1) is 31.8. The molecule has 1 spiro atoms. The Balaban J connectivity index is 1.12. The maximum Gasteiger partial charge on any atom is 0.0726 e. The number of pyridine rings is 1. The zero-order chi connectivity index (χ0) is 37.5. The lowest BCUT2D eigenvalue weighted by Crippen LogP contribution is -2.26. The van der Waals surface area contributed by atoms with E-state index in [0.29, 0.717) is 0 Å². The molecule has 10 aromatic rings. The van der Waals surface area contributed by atoms with Crippen LogP contribution in [0.4, 0.5) is 17.1 Å². The van der Waals surface area contributed by atoms with Crippen LogP contribution in [-0.4, -0.2) is 9.55 Å². The van der Waals surface area contributed by atoms with E-state index < -0.39 is 5.41 Å². The van der Waals surface area contributed by atoms with Gasteiger partial charge in [-0.15, -0.1) is 0 Å². The summed E-state index contributed by atoms with van der Waals surface area (Å²) in [6, 6.07) is 75.5. The molecule has 2 aliphatic rings. The van der Waals surface area contributed by atoms with Crippen molar-refractivity contribution in [3.05, 3.63) is 235 Å². The minimum absolute atomic E-state index is 0.437. The van der Waals surface area contributed by atoms with Gasteiger partial charge in [0.1, 0.15) is 0 Å². The molecule has 0 unspecified atom stereocenters. The Hall–Kier alpha value is -7.49. The van der Waals surface area contributed by atoms with Crippen molar-refractivity contribution in [2.24, 2.45) is 0 Å². The highest BCUT2D eigenvalue weighted by Crippen LogP contribution is 2.63. The molecule has 0 N–H and O–H groups in total. The van der Waals surface area contributed by atoms with E-state index >= 15 is 0 Å². The van der Waals surface area contributed by atoms with Gasteiger partial charge in [-0.2, -0.15) is 0 Å². The maximum atomic E-state index is 4.65. The van der Waals surface area contributed by atoms with Crippen molar-refractivity contribution < 1.29 is 0 Å². The number of benzene rings is 8. The molecule has 0 aliphatic heterocycles. The SMILES string of the molecule is c1ccc(-n2c3ccccc3c3ccc(N(c4ccc(-c5ccccn5)cc4)c4ccc5c(c4)C4(c6ccccc6-c6ccccc64)c4ccccc4-5)cc32)cc1. The van der Waals surface area contributed by atoms with Gasteiger partial charge in [-0.1, -0.05) is 140 Å². The summed E-state index contributed by atoms with van der Waals surface area (Å²) in [5.74, 6) is 0. The van der Waals surface area contributed by atoms with Crippen LogP contribution >= 0.6 is 0 Å². The molecule has 0 amide bonds. The van der Waals surface area contributed by atoms with E-state index in [1.165, 1.54) is 66.3 Å². The van der Waals surface area contributed by atoms with Crippen molar-refractivity contribution in [1.82, 2.24) is 9.55 Å². The molecular formula is C54H35N3. The Kier molecular flexibility index (Phi) is 6.84. The van der Waals surface area contributed by atoms with Gasteiger partial charge in [0.25, 0.3) is 0 Å². The van der Waals surface area contributed by atoms with Crippen LogP contribution in [0.3, 0.4) is 0 Å². The highest BCUT2D eigenvalue weighted by Gasteiger charge is 2.51. The zero-order valence-electron chi connectivity index (χ0n) is 31.0. The molecule has 0 fully saturated rings. The fourth-order valence-corrected chi connectivity index (χ4v) is 9.94. The summed E-state index contributed by atoms with van der Waals surface area (Å²) >= 11 is 0. The molecule has 8 aromatic carbocycles. The molecule has 0 atom stereocenters. The zero-order valence-corrected chi connectivity index (χ0v) is 31.0. The van der Waals surface area contributed by atoms with E-state index in [2.05, 4.69) is 209 Å². The van der Waals surface area contributed by atoms with Gasteiger partial charge in [0.2, 0.25) is 0 Å². The topological polar surface area (TPSA) is 21.1 Å². The Morgan fingerprint density at radius 2 is 0.930 bits per heavy atom. The third-order valence-corrected chi connectivity index (χ3v) is 12.3. The summed E-state index contributed by atoms with van der Waals surface area (Å²) in [6.45, 7) is 0. The van der Waals surface area contributed by atoms with E-state index in [9.17, 15) is 0 Å². The lowest BCUT2D eigenvalue weighted by molar-refractivity contribution is 0.793. The number of anilines is 3. The summed E-state index contributed by atoms with van der Waals surface area (Å²) in [5.41, 5.74) is 18.9. The van der Waals surface area contributed by atoms with Crippen LogP contribution in [0.15, 0.2) is 212 Å². The van der Waals surface area contributed by atoms with Gasteiger partial charge in [-0.25, -0.2) is 0 Å². The number of fused-ring (bicyclic) bond motifs is 13. The molecule has 3 nitrogen and oxygen atoms in total. The number of aromatic nitrogens is 2. The van der Waals surface area contributed by atoms with Crippen LogP contribution in [-0.2, 0) is 5.41 Å². The van der Waals surface area contributed by atoms with E-state index in [-0.39, 0.29) is 0 Å². The van der Waals surface area contributed by atoms with Gasteiger partial charge in [0.05, 0.1) is 22.1 Å². The van der Waals surface area contributed by atoms with Crippen molar-refractivity contribution >= 4 is 38.9 Å².